The van der Waals surface area contributed by atoms with E-state index < -0.39 is 0 Å². The van der Waals surface area contributed by atoms with E-state index in [1.54, 1.807) is 35.4 Å². The highest BCUT2D eigenvalue weighted by atomic mass is 35.5. The Balaban J connectivity index is 1.29. The molecule has 1 aliphatic heterocycles. The average molecular weight is 446 g/mol. The number of hydrogen-bond acceptors (Lipinski definition) is 7. The van der Waals surface area contributed by atoms with Crippen LogP contribution in [0.5, 0.6) is 0 Å². The highest BCUT2D eigenvalue weighted by Crippen LogP contribution is 2.25. The Morgan fingerprint density at radius 3 is 2.60 bits per heavy atom. The highest BCUT2D eigenvalue weighted by Gasteiger charge is 2.25. The van der Waals surface area contributed by atoms with E-state index in [9.17, 15) is 9.59 Å². The van der Waals surface area contributed by atoms with Crippen molar-refractivity contribution in [3.8, 4) is 10.6 Å². The molecule has 30 heavy (non-hydrogen) atoms. The number of aryl methyl sites for hydroxylation is 1. The Morgan fingerprint density at radius 2 is 1.93 bits per heavy atom. The molecule has 0 aliphatic carbocycles. The van der Waals surface area contributed by atoms with Crippen LogP contribution in [0.4, 0.5) is 5.82 Å². The van der Waals surface area contributed by atoms with Gasteiger partial charge in [0.05, 0.1) is 6.54 Å². The maximum absolute atomic E-state index is 12.8. The van der Waals surface area contributed by atoms with Gasteiger partial charge < -0.3 is 14.7 Å². The first-order valence-electron chi connectivity index (χ1n) is 9.44. The first-order chi connectivity index (χ1) is 14.5. The number of carbonyl (C=O) groups excluding carboxylic acids is 2. The summed E-state index contributed by atoms with van der Waals surface area (Å²) >= 11 is 7.36. The monoisotopic (exact) mass is 445 g/mol. The summed E-state index contributed by atoms with van der Waals surface area (Å²) in [6, 6.07) is 9.05. The third-order valence-electron chi connectivity index (χ3n) is 4.74. The van der Waals surface area contributed by atoms with Gasteiger partial charge in [-0.3, -0.25) is 14.5 Å². The number of thiazole rings is 1. The number of aromatic nitrogens is 2. The summed E-state index contributed by atoms with van der Waals surface area (Å²) in [7, 11) is 0. The van der Waals surface area contributed by atoms with E-state index in [0.717, 1.165) is 10.6 Å². The first-order valence-corrected chi connectivity index (χ1v) is 10.7. The van der Waals surface area contributed by atoms with Crippen molar-refractivity contribution in [3.05, 3.63) is 52.2 Å². The van der Waals surface area contributed by atoms with Gasteiger partial charge in [-0.15, -0.1) is 11.3 Å². The largest absolute Gasteiger partial charge is 0.360 e. The lowest BCUT2D eigenvalue weighted by Gasteiger charge is -2.33. The second-order valence-electron chi connectivity index (χ2n) is 6.98. The fourth-order valence-corrected chi connectivity index (χ4v) is 4.10. The van der Waals surface area contributed by atoms with Crippen LogP contribution in [-0.2, 0) is 4.79 Å². The van der Waals surface area contributed by atoms with E-state index in [1.165, 1.54) is 11.3 Å². The molecular weight excluding hydrogens is 426 g/mol. The van der Waals surface area contributed by atoms with Crippen LogP contribution in [0, 0.1) is 6.92 Å². The van der Waals surface area contributed by atoms with Gasteiger partial charge in [0.25, 0.3) is 5.91 Å². The van der Waals surface area contributed by atoms with Gasteiger partial charge in [0, 0.05) is 48.2 Å². The first kappa shape index (κ1) is 20.5. The summed E-state index contributed by atoms with van der Waals surface area (Å²) in [5, 5.41) is 9.69. The Labute approximate surface area is 182 Å². The summed E-state index contributed by atoms with van der Waals surface area (Å²) in [6.45, 7) is 4.33. The van der Waals surface area contributed by atoms with E-state index >= 15 is 0 Å². The molecule has 0 atom stereocenters. The maximum atomic E-state index is 12.8. The number of anilines is 1. The van der Waals surface area contributed by atoms with Crippen LogP contribution in [0.15, 0.2) is 40.2 Å². The molecule has 10 heteroatoms. The zero-order valence-corrected chi connectivity index (χ0v) is 17.9. The number of benzene rings is 1. The smallest absolute Gasteiger partial charge is 0.273 e. The van der Waals surface area contributed by atoms with Crippen LogP contribution in [-0.4, -0.2) is 64.5 Å². The summed E-state index contributed by atoms with van der Waals surface area (Å²) < 4.78 is 4.94. The third kappa shape index (κ3) is 4.86. The Kier molecular flexibility index (Phi) is 6.12. The molecule has 0 bridgehead atoms. The summed E-state index contributed by atoms with van der Waals surface area (Å²) in [4.78, 5) is 33.2. The molecule has 3 heterocycles. The van der Waals surface area contributed by atoms with Gasteiger partial charge in [0.1, 0.15) is 16.5 Å². The van der Waals surface area contributed by atoms with Crippen molar-refractivity contribution >= 4 is 40.6 Å². The molecule has 2 amide bonds. The molecule has 8 nitrogen and oxygen atoms in total. The Hall–Kier alpha value is -2.75. The fourth-order valence-electron chi connectivity index (χ4n) is 3.18. The average Bonchev–Trinajstić information content (AvgIpc) is 3.38. The number of hydrogen-bond donors (Lipinski definition) is 1. The van der Waals surface area contributed by atoms with Crippen LogP contribution in [0.2, 0.25) is 5.02 Å². The van der Waals surface area contributed by atoms with Crippen molar-refractivity contribution in [2.24, 2.45) is 0 Å². The predicted octanol–water partition coefficient (Wildman–Crippen LogP) is 3.16. The van der Waals surface area contributed by atoms with Crippen molar-refractivity contribution in [2.45, 2.75) is 6.92 Å². The highest BCUT2D eigenvalue weighted by molar-refractivity contribution is 7.13. The lowest BCUT2D eigenvalue weighted by Crippen LogP contribution is -2.50. The Morgan fingerprint density at radius 1 is 1.20 bits per heavy atom. The molecule has 1 aromatic carbocycles. The molecule has 1 aliphatic rings. The normalized spacial score (nSPS) is 14.7. The lowest BCUT2D eigenvalue weighted by atomic mass is 10.2. The number of nitrogens with zero attached hydrogens (tertiary/aromatic N) is 4. The van der Waals surface area contributed by atoms with Crippen molar-refractivity contribution < 1.29 is 14.1 Å². The maximum Gasteiger partial charge on any atom is 0.273 e. The standard InChI is InChI=1S/C20H20ClN5O3S/c1-13-10-17(24-29-13)23-18(27)11-25-6-8-26(9-7-25)20(28)16-12-30-19(22-16)14-2-4-15(21)5-3-14/h2-5,10,12H,6-9,11H2,1H3,(H,23,24,27). The molecule has 4 rings (SSSR count). The predicted molar refractivity (Wildman–Crippen MR) is 115 cm³/mol. The van der Waals surface area contributed by atoms with Crippen LogP contribution in [0.3, 0.4) is 0 Å². The van der Waals surface area contributed by atoms with Gasteiger partial charge in [-0.25, -0.2) is 4.98 Å². The van der Waals surface area contributed by atoms with Gasteiger partial charge >= 0.3 is 0 Å². The van der Waals surface area contributed by atoms with Crippen LogP contribution >= 0.6 is 22.9 Å². The number of rotatable bonds is 5. The molecule has 0 unspecified atom stereocenters. The van der Waals surface area contributed by atoms with Crippen LogP contribution in [0.25, 0.3) is 10.6 Å². The van der Waals surface area contributed by atoms with Crippen molar-refractivity contribution in [1.29, 1.82) is 0 Å². The van der Waals surface area contributed by atoms with Crippen LogP contribution < -0.4 is 5.32 Å². The minimum atomic E-state index is -0.157. The second-order valence-corrected chi connectivity index (χ2v) is 8.28. The van der Waals surface area contributed by atoms with E-state index in [-0.39, 0.29) is 18.4 Å². The number of nitrogens with one attached hydrogen (secondary N) is 1. The van der Waals surface area contributed by atoms with E-state index in [0.29, 0.717) is 48.5 Å². The summed E-state index contributed by atoms with van der Waals surface area (Å²) in [5.74, 6) is 0.800. The molecule has 156 valence electrons. The molecule has 0 radical (unpaired) electrons. The number of amides is 2. The zero-order chi connectivity index (χ0) is 21.1. The summed E-state index contributed by atoms with van der Waals surface area (Å²) in [5.41, 5.74) is 1.37. The van der Waals surface area contributed by atoms with Crippen molar-refractivity contribution in [3.63, 3.8) is 0 Å². The fraction of sp³-hybridized carbons (Fsp3) is 0.300. The van der Waals surface area contributed by atoms with Gasteiger partial charge in [-0.2, -0.15) is 0 Å². The van der Waals surface area contributed by atoms with Gasteiger partial charge in [-0.05, 0) is 19.1 Å². The molecule has 1 fully saturated rings. The molecule has 2 aromatic heterocycles. The van der Waals surface area contributed by atoms with Gasteiger partial charge in [0.15, 0.2) is 5.82 Å². The lowest BCUT2D eigenvalue weighted by molar-refractivity contribution is -0.117. The molecular formula is C20H20ClN5O3S. The SMILES string of the molecule is Cc1cc(NC(=O)CN2CCN(C(=O)c3csc(-c4ccc(Cl)cc4)n3)CC2)no1. The van der Waals surface area contributed by atoms with Gasteiger partial charge in [0.2, 0.25) is 5.91 Å². The zero-order valence-electron chi connectivity index (χ0n) is 16.3. The minimum Gasteiger partial charge on any atom is -0.360 e. The second kappa shape index (κ2) is 8.95. The molecule has 3 aromatic rings. The quantitative estimate of drug-likeness (QED) is 0.648. The van der Waals surface area contributed by atoms with Crippen molar-refractivity contribution in [1.82, 2.24) is 19.9 Å². The van der Waals surface area contributed by atoms with Gasteiger partial charge in [-0.1, -0.05) is 28.9 Å². The summed E-state index contributed by atoms with van der Waals surface area (Å²) in [6.07, 6.45) is 0. The third-order valence-corrected chi connectivity index (χ3v) is 5.88. The number of piperazine rings is 1. The van der Waals surface area contributed by atoms with E-state index in [4.69, 9.17) is 16.1 Å². The van der Waals surface area contributed by atoms with Crippen molar-refractivity contribution in [2.75, 3.05) is 38.0 Å². The molecule has 0 saturated carbocycles. The number of halogens is 1. The number of carbonyl (C=O) groups is 2. The molecule has 0 spiro atoms. The Bertz CT molecular complexity index is 1040. The molecule has 1 saturated heterocycles. The topological polar surface area (TPSA) is 91.6 Å². The van der Waals surface area contributed by atoms with E-state index in [1.807, 2.05) is 17.0 Å². The molecule has 1 N–H and O–H groups in total. The minimum absolute atomic E-state index is 0.0892. The van der Waals surface area contributed by atoms with Crippen LogP contribution in [0.1, 0.15) is 16.2 Å². The van der Waals surface area contributed by atoms with E-state index in [2.05, 4.69) is 15.5 Å².